The van der Waals surface area contributed by atoms with Crippen molar-refractivity contribution >= 4 is 11.9 Å². The smallest absolute Gasteiger partial charge is 0.410 e. The number of carbonyl (C=O) groups is 2. The molecular formula is C19H28N4O3. The number of ketones is 1. The number of rotatable bonds is 4. The Morgan fingerprint density at radius 3 is 2.46 bits per heavy atom. The van der Waals surface area contributed by atoms with Gasteiger partial charge in [0.15, 0.2) is 5.78 Å². The lowest BCUT2D eigenvalue weighted by atomic mass is 10.1. The predicted octanol–water partition coefficient (Wildman–Crippen LogP) is 2.48. The number of amides is 1. The van der Waals surface area contributed by atoms with Gasteiger partial charge in [0.2, 0.25) is 0 Å². The van der Waals surface area contributed by atoms with Crippen molar-refractivity contribution in [2.75, 3.05) is 26.2 Å². The molecule has 0 bridgehead atoms. The number of ether oxygens (including phenoxy) is 1. The van der Waals surface area contributed by atoms with Crippen LogP contribution >= 0.6 is 0 Å². The third kappa shape index (κ3) is 4.78. The Morgan fingerprint density at radius 1 is 1.19 bits per heavy atom. The Labute approximate surface area is 154 Å². The molecule has 7 nitrogen and oxygen atoms in total. The maximum absolute atomic E-state index is 12.5. The van der Waals surface area contributed by atoms with E-state index in [0.29, 0.717) is 37.8 Å². The first-order valence-corrected chi connectivity index (χ1v) is 9.30. The van der Waals surface area contributed by atoms with Crippen molar-refractivity contribution in [2.45, 2.75) is 58.1 Å². The first-order valence-electron chi connectivity index (χ1n) is 9.30. The maximum atomic E-state index is 12.5. The van der Waals surface area contributed by atoms with Gasteiger partial charge < -0.3 is 9.64 Å². The highest BCUT2D eigenvalue weighted by Gasteiger charge is 2.31. The number of piperazine rings is 1. The van der Waals surface area contributed by atoms with Gasteiger partial charge in [0.25, 0.3) is 0 Å². The zero-order chi connectivity index (χ0) is 18.9. The molecule has 142 valence electrons. The van der Waals surface area contributed by atoms with E-state index in [1.807, 2.05) is 27.7 Å². The molecule has 1 amide bonds. The first kappa shape index (κ1) is 18.8. The SMILES string of the molecule is C[C@@H]1CN(CC(=O)c2cnc(C3CC3)cn2)CCN1C(=O)OC(C)(C)C. The molecule has 1 aliphatic carbocycles. The minimum atomic E-state index is -0.505. The molecule has 1 aromatic heterocycles. The van der Waals surface area contributed by atoms with E-state index in [1.165, 1.54) is 12.8 Å². The van der Waals surface area contributed by atoms with E-state index in [2.05, 4.69) is 14.9 Å². The third-order valence-corrected chi connectivity index (χ3v) is 4.66. The molecule has 2 fully saturated rings. The molecular weight excluding hydrogens is 332 g/mol. The van der Waals surface area contributed by atoms with Crippen LogP contribution in [0.1, 0.15) is 62.6 Å². The predicted molar refractivity (Wildman–Crippen MR) is 97.2 cm³/mol. The molecule has 2 aliphatic rings. The fourth-order valence-corrected chi connectivity index (χ4v) is 3.12. The summed E-state index contributed by atoms with van der Waals surface area (Å²) < 4.78 is 5.45. The lowest BCUT2D eigenvalue weighted by Crippen LogP contribution is -2.55. The van der Waals surface area contributed by atoms with Gasteiger partial charge in [0, 0.05) is 37.8 Å². The number of Topliss-reactive ketones (excluding diaryl/α,β-unsaturated/α-hetero) is 1. The lowest BCUT2D eigenvalue weighted by molar-refractivity contribution is 0.00218. The minimum Gasteiger partial charge on any atom is -0.444 e. The number of carbonyl (C=O) groups excluding carboxylic acids is 2. The van der Waals surface area contributed by atoms with E-state index >= 15 is 0 Å². The molecule has 1 aromatic rings. The zero-order valence-corrected chi connectivity index (χ0v) is 16.1. The largest absolute Gasteiger partial charge is 0.444 e. The average Bonchev–Trinajstić information content (AvgIpc) is 3.38. The second-order valence-electron chi connectivity index (χ2n) is 8.28. The summed E-state index contributed by atoms with van der Waals surface area (Å²) in [5.41, 5.74) is 0.896. The molecule has 26 heavy (non-hydrogen) atoms. The summed E-state index contributed by atoms with van der Waals surface area (Å²) >= 11 is 0. The fraction of sp³-hybridized carbons (Fsp3) is 0.684. The number of aromatic nitrogens is 2. The molecule has 1 aliphatic heterocycles. The van der Waals surface area contributed by atoms with E-state index in [9.17, 15) is 9.59 Å². The molecule has 3 rings (SSSR count). The average molecular weight is 360 g/mol. The van der Waals surface area contributed by atoms with Crippen molar-refractivity contribution in [3.05, 3.63) is 23.8 Å². The number of hydrogen-bond donors (Lipinski definition) is 0. The van der Waals surface area contributed by atoms with E-state index in [-0.39, 0.29) is 17.9 Å². The van der Waals surface area contributed by atoms with Gasteiger partial charge in [-0.05, 0) is 40.5 Å². The van der Waals surface area contributed by atoms with Gasteiger partial charge in [-0.3, -0.25) is 14.7 Å². The van der Waals surface area contributed by atoms with Crippen LogP contribution in [0.3, 0.4) is 0 Å². The second kappa shape index (κ2) is 7.31. The topological polar surface area (TPSA) is 75.6 Å². The van der Waals surface area contributed by atoms with Gasteiger partial charge in [-0.2, -0.15) is 0 Å². The fourth-order valence-electron chi connectivity index (χ4n) is 3.12. The third-order valence-electron chi connectivity index (χ3n) is 4.66. The molecule has 0 unspecified atom stereocenters. The van der Waals surface area contributed by atoms with Crippen LogP contribution in [0.4, 0.5) is 4.79 Å². The maximum Gasteiger partial charge on any atom is 0.410 e. The molecule has 0 spiro atoms. The molecule has 1 atom stereocenters. The summed E-state index contributed by atoms with van der Waals surface area (Å²) in [5, 5.41) is 0. The van der Waals surface area contributed by atoms with Crippen LogP contribution in [0.25, 0.3) is 0 Å². The minimum absolute atomic E-state index is 0.00488. The van der Waals surface area contributed by atoms with Gasteiger partial charge in [0.1, 0.15) is 11.3 Å². The summed E-state index contributed by atoms with van der Waals surface area (Å²) in [6, 6.07) is -0.00488. The van der Waals surface area contributed by atoms with Crippen LogP contribution in [0, 0.1) is 0 Å². The van der Waals surface area contributed by atoms with E-state index in [4.69, 9.17) is 4.74 Å². The summed E-state index contributed by atoms with van der Waals surface area (Å²) in [6.07, 6.45) is 5.37. The van der Waals surface area contributed by atoms with Crippen molar-refractivity contribution in [2.24, 2.45) is 0 Å². The Hall–Kier alpha value is -2.02. The Bertz CT molecular complexity index is 664. The van der Waals surface area contributed by atoms with Crippen LogP contribution in [-0.2, 0) is 4.74 Å². The van der Waals surface area contributed by atoms with Gasteiger partial charge in [0.05, 0.1) is 18.4 Å². The van der Waals surface area contributed by atoms with Crippen LogP contribution in [0.2, 0.25) is 0 Å². The lowest BCUT2D eigenvalue weighted by Gasteiger charge is -2.39. The van der Waals surface area contributed by atoms with Crippen molar-refractivity contribution < 1.29 is 14.3 Å². The highest BCUT2D eigenvalue weighted by molar-refractivity contribution is 5.95. The Morgan fingerprint density at radius 2 is 1.92 bits per heavy atom. The van der Waals surface area contributed by atoms with Crippen LogP contribution in [-0.4, -0.2) is 69.5 Å². The molecule has 0 aromatic carbocycles. The molecule has 1 saturated heterocycles. The van der Waals surface area contributed by atoms with Gasteiger partial charge in [-0.25, -0.2) is 9.78 Å². The highest BCUT2D eigenvalue weighted by Crippen LogP contribution is 2.38. The van der Waals surface area contributed by atoms with Gasteiger partial charge in [-0.15, -0.1) is 0 Å². The summed E-state index contributed by atoms with van der Waals surface area (Å²) in [5.74, 6) is 0.506. The van der Waals surface area contributed by atoms with Crippen molar-refractivity contribution in [3.63, 3.8) is 0 Å². The van der Waals surface area contributed by atoms with Gasteiger partial charge >= 0.3 is 6.09 Å². The van der Waals surface area contributed by atoms with E-state index in [1.54, 1.807) is 17.3 Å². The quantitative estimate of drug-likeness (QED) is 0.768. The Balaban J connectivity index is 1.52. The zero-order valence-electron chi connectivity index (χ0n) is 16.1. The molecule has 0 radical (unpaired) electrons. The molecule has 1 saturated carbocycles. The molecule has 2 heterocycles. The highest BCUT2D eigenvalue weighted by atomic mass is 16.6. The normalized spacial score (nSPS) is 21.5. The Kier molecular flexibility index (Phi) is 5.27. The van der Waals surface area contributed by atoms with Crippen molar-refractivity contribution in [1.82, 2.24) is 19.8 Å². The van der Waals surface area contributed by atoms with E-state index in [0.717, 1.165) is 5.69 Å². The van der Waals surface area contributed by atoms with Crippen LogP contribution in [0.15, 0.2) is 12.4 Å². The van der Waals surface area contributed by atoms with Gasteiger partial charge in [-0.1, -0.05) is 0 Å². The summed E-state index contributed by atoms with van der Waals surface area (Å²) in [7, 11) is 0. The van der Waals surface area contributed by atoms with Crippen LogP contribution in [0.5, 0.6) is 0 Å². The standard InChI is InChI=1S/C19H28N4O3/c1-13-11-22(7-8-23(13)18(25)26-19(2,3)4)12-17(24)16-10-20-15(9-21-16)14-5-6-14/h9-10,13-14H,5-8,11-12H2,1-4H3/t13-/m1/s1. The van der Waals surface area contributed by atoms with Crippen molar-refractivity contribution in [3.8, 4) is 0 Å². The monoisotopic (exact) mass is 360 g/mol. The first-order chi connectivity index (χ1) is 12.2. The molecule has 0 N–H and O–H groups in total. The summed E-state index contributed by atoms with van der Waals surface area (Å²) in [4.78, 5) is 37.2. The van der Waals surface area contributed by atoms with Crippen molar-refractivity contribution in [1.29, 1.82) is 0 Å². The molecule has 7 heteroatoms. The summed E-state index contributed by atoms with van der Waals surface area (Å²) in [6.45, 7) is 9.69. The number of nitrogens with zero attached hydrogens (tertiary/aromatic N) is 4. The van der Waals surface area contributed by atoms with Crippen LogP contribution < -0.4 is 0 Å². The number of hydrogen-bond acceptors (Lipinski definition) is 6. The second-order valence-corrected chi connectivity index (χ2v) is 8.28. The van der Waals surface area contributed by atoms with E-state index < -0.39 is 5.60 Å².